The standard InChI is InChI=1S/C46H27NO3/c1-2-8-34-29(7-1)15-22-40-39-21-16-30(25-43(39)50-46(34)40)28-13-17-31(18-14-28)47(32-19-23-37-35-9-3-5-11-41(35)48-44(37)26-32)33-20-24-38-36-10-4-6-12-42(36)49-45(38)27-33/h1-27H. The number of hydrogen-bond acceptors (Lipinski definition) is 4. The second-order valence-corrected chi connectivity index (χ2v) is 12.9. The summed E-state index contributed by atoms with van der Waals surface area (Å²) in [4.78, 5) is 2.26. The largest absolute Gasteiger partial charge is 0.456 e. The Labute approximate surface area is 286 Å². The molecule has 0 atom stereocenters. The van der Waals surface area contributed by atoms with Crippen LogP contribution in [-0.4, -0.2) is 0 Å². The van der Waals surface area contributed by atoms with Crippen LogP contribution in [0.1, 0.15) is 0 Å². The molecule has 0 N–H and O–H groups in total. The quantitative estimate of drug-likeness (QED) is 0.192. The number of rotatable bonds is 4. The summed E-state index contributed by atoms with van der Waals surface area (Å²) >= 11 is 0. The molecule has 11 aromatic rings. The summed E-state index contributed by atoms with van der Waals surface area (Å²) in [6, 6.07) is 57.2. The summed E-state index contributed by atoms with van der Waals surface area (Å²) in [5.41, 5.74) is 10.5. The van der Waals surface area contributed by atoms with Crippen molar-refractivity contribution in [2.45, 2.75) is 0 Å². The topological polar surface area (TPSA) is 42.7 Å². The molecule has 0 aliphatic rings. The molecule has 0 saturated heterocycles. The Morgan fingerprint density at radius 2 is 0.780 bits per heavy atom. The first-order chi connectivity index (χ1) is 24.7. The second-order valence-electron chi connectivity index (χ2n) is 12.9. The Balaban J connectivity index is 1.04. The molecule has 0 aliphatic carbocycles. The van der Waals surface area contributed by atoms with Gasteiger partial charge in [-0.25, -0.2) is 0 Å². The van der Waals surface area contributed by atoms with Crippen LogP contribution in [0.4, 0.5) is 17.1 Å². The summed E-state index contributed by atoms with van der Waals surface area (Å²) in [7, 11) is 0. The molecular formula is C46H27NO3. The Morgan fingerprint density at radius 1 is 0.300 bits per heavy atom. The van der Waals surface area contributed by atoms with Gasteiger partial charge in [0.2, 0.25) is 0 Å². The minimum Gasteiger partial charge on any atom is -0.456 e. The minimum atomic E-state index is 0.849. The van der Waals surface area contributed by atoms with E-state index < -0.39 is 0 Å². The van der Waals surface area contributed by atoms with E-state index in [1.165, 1.54) is 5.39 Å². The lowest BCUT2D eigenvalue weighted by atomic mass is 10.0. The molecule has 3 aromatic heterocycles. The molecule has 0 bridgehead atoms. The molecule has 4 heteroatoms. The van der Waals surface area contributed by atoms with Gasteiger partial charge >= 0.3 is 0 Å². The first-order valence-corrected chi connectivity index (χ1v) is 16.8. The number of hydrogen-bond donors (Lipinski definition) is 0. The van der Waals surface area contributed by atoms with Gasteiger partial charge in [-0.3, -0.25) is 0 Å². The van der Waals surface area contributed by atoms with Crippen molar-refractivity contribution in [3.63, 3.8) is 0 Å². The molecule has 11 rings (SSSR count). The van der Waals surface area contributed by atoms with Gasteiger partial charge in [0, 0.05) is 66.9 Å². The van der Waals surface area contributed by atoms with Crippen LogP contribution in [0, 0.1) is 0 Å². The van der Waals surface area contributed by atoms with Crippen molar-refractivity contribution >= 4 is 93.7 Å². The third-order valence-corrected chi connectivity index (χ3v) is 10.1. The van der Waals surface area contributed by atoms with E-state index in [0.29, 0.717) is 0 Å². The second kappa shape index (κ2) is 10.4. The molecule has 4 nitrogen and oxygen atoms in total. The number of para-hydroxylation sites is 2. The molecule has 8 aromatic carbocycles. The van der Waals surface area contributed by atoms with Gasteiger partial charge in [-0.2, -0.15) is 0 Å². The van der Waals surface area contributed by atoms with Crippen molar-refractivity contribution in [1.29, 1.82) is 0 Å². The number of fused-ring (bicyclic) bond motifs is 11. The average Bonchev–Trinajstić information content (AvgIpc) is 3.85. The summed E-state index contributed by atoms with van der Waals surface area (Å²) < 4.78 is 19.2. The van der Waals surface area contributed by atoms with Gasteiger partial charge in [0.25, 0.3) is 0 Å². The van der Waals surface area contributed by atoms with Gasteiger partial charge in [0.1, 0.15) is 33.5 Å². The van der Waals surface area contributed by atoms with Crippen LogP contribution < -0.4 is 4.90 Å². The van der Waals surface area contributed by atoms with E-state index in [-0.39, 0.29) is 0 Å². The van der Waals surface area contributed by atoms with Crippen molar-refractivity contribution in [2.75, 3.05) is 4.90 Å². The lowest BCUT2D eigenvalue weighted by molar-refractivity contribution is 0.669. The molecule has 0 amide bonds. The van der Waals surface area contributed by atoms with Crippen LogP contribution in [0.2, 0.25) is 0 Å². The highest BCUT2D eigenvalue weighted by Crippen LogP contribution is 2.42. The molecular weight excluding hydrogens is 615 g/mol. The number of nitrogens with zero attached hydrogens (tertiary/aromatic N) is 1. The Kier molecular flexibility index (Phi) is 5.63. The van der Waals surface area contributed by atoms with Crippen LogP contribution in [0.5, 0.6) is 0 Å². The van der Waals surface area contributed by atoms with E-state index in [4.69, 9.17) is 13.3 Å². The predicted octanol–water partition coefficient (Wildman–Crippen LogP) is 13.7. The maximum atomic E-state index is 6.49. The van der Waals surface area contributed by atoms with Crippen LogP contribution in [0.15, 0.2) is 177 Å². The van der Waals surface area contributed by atoms with Crippen molar-refractivity contribution in [2.24, 2.45) is 0 Å². The fourth-order valence-corrected chi connectivity index (χ4v) is 7.64. The molecule has 234 valence electrons. The highest BCUT2D eigenvalue weighted by atomic mass is 16.3. The molecule has 3 heterocycles. The molecule has 50 heavy (non-hydrogen) atoms. The first-order valence-electron chi connectivity index (χ1n) is 16.8. The molecule has 0 spiro atoms. The zero-order valence-corrected chi connectivity index (χ0v) is 26.8. The van der Waals surface area contributed by atoms with Crippen molar-refractivity contribution in [3.8, 4) is 11.1 Å². The van der Waals surface area contributed by atoms with Crippen molar-refractivity contribution < 1.29 is 13.3 Å². The molecule has 0 aliphatic heterocycles. The summed E-state index contributed by atoms with van der Waals surface area (Å²) in [5.74, 6) is 0. The van der Waals surface area contributed by atoms with E-state index >= 15 is 0 Å². The zero-order valence-electron chi connectivity index (χ0n) is 26.8. The highest BCUT2D eigenvalue weighted by molar-refractivity contribution is 6.15. The lowest BCUT2D eigenvalue weighted by Crippen LogP contribution is -2.09. The number of anilines is 3. The maximum absolute atomic E-state index is 6.49. The van der Waals surface area contributed by atoms with E-state index in [1.807, 2.05) is 24.3 Å². The van der Waals surface area contributed by atoms with Crippen LogP contribution in [-0.2, 0) is 0 Å². The Hall–Kier alpha value is -6.78. The van der Waals surface area contributed by atoms with Crippen LogP contribution in [0.25, 0.3) is 87.7 Å². The van der Waals surface area contributed by atoms with E-state index in [1.54, 1.807) is 0 Å². The smallest absolute Gasteiger partial charge is 0.143 e. The average molecular weight is 642 g/mol. The first kappa shape index (κ1) is 27.2. The predicted molar refractivity (Wildman–Crippen MR) is 206 cm³/mol. The third-order valence-electron chi connectivity index (χ3n) is 10.1. The van der Waals surface area contributed by atoms with Crippen molar-refractivity contribution in [1.82, 2.24) is 0 Å². The summed E-state index contributed by atoms with van der Waals surface area (Å²) in [6.45, 7) is 0. The van der Waals surface area contributed by atoms with E-state index in [0.717, 1.165) is 99.4 Å². The summed E-state index contributed by atoms with van der Waals surface area (Å²) in [5, 5.41) is 9.00. The SMILES string of the molecule is c1ccc2c(c1)ccc1c3ccc(-c4ccc(N(c5ccc6c(c5)oc5ccccc56)c5ccc6c(c5)oc5ccccc56)cc4)cc3oc21. The van der Waals surface area contributed by atoms with Gasteiger partial charge in [0.05, 0.1) is 0 Å². The van der Waals surface area contributed by atoms with E-state index in [9.17, 15) is 0 Å². The highest BCUT2D eigenvalue weighted by Gasteiger charge is 2.18. The van der Waals surface area contributed by atoms with Gasteiger partial charge in [-0.1, -0.05) is 84.9 Å². The molecule has 0 unspecified atom stereocenters. The minimum absolute atomic E-state index is 0.849. The molecule has 0 radical (unpaired) electrons. The lowest BCUT2D eigenvalue weighted by Gasteiger charge is -2.25. The fourth-order valence-electron chi connectivity index (χ4n) is 7.64. The zero-order chi connectivity index (χ0) is 32.8. The Morgan fingerprint density at radius 3 is 1.46 bits per heavy atom. The fraction of sp³-hybridized carbons (Fsp3) is 0. The monoisotopic (exact) mass is 641 g/mol. The van der Waals surface area contributed by atoms with Crippen LogP contribution in [0.3, 0.4) is 0 Å². The van der Waals surface area contributed by atoms with Gasteiger partial charge < -0.3 is 18.2 Å². The van der Waals surface area contributed by atoms with E-state index in [2.05, 4.69) is 144 Å². The molecule has 0 saturated carbocycles. The third kappa shape index (κ3) is 4.06. The summed E-state index contributed by atoms with van der Waals surface area (Å²) in [6.07, 6.45) is 0. The normalized spacial score (nSPS) is 12.0. The molecule has 0 fully saturated rings. The number of furan rings is 3. The van der Waals surface area contributed by atoms with Gasteiger partial charge in [-0.15, -0.1) is 0 Å². The number of benzene rings is 8. The van der Waals surface area contributed by atoms with Crippen LogP contribution >= 0.6 is 0 Å². The Bertz CT molecular complexity index is 2990. The van der Waals surface area contributed by atoms with Crippen molar-refractivity contribution in [3.05, 3.63) is 164 Å². The maximum Gasteiger partial charge on any atom is 0.143 e. The van der Waals surface area contributed by atoms with Gasteiger partial charge in [0.15, 0.2) is 0 Å². The van der Waals surface area contributed by atoms with Gasteiger partial charge in [-0.05, 0) is 83.2 Å².